The number of halogens is 1. The summed E-state index contributed by atoms with van der Waals surface area (Å²) in [4.78, 5) is 0.0958. The predicted molar refractivity (Wildman–Crippen MR) is 53.7 cm³/mol. The SMILES string of the molecule is O=S(=O)(NCCO)c1cccc(Cl)c1. The molecule has 0 radical (unpaired) electrons. The molecule has 0 aliphatic rings. The number of rotatable bonds is 4. The van der Waals surface area contributed by atoms with Gasteiger partial charge in [-0.3, -0.25) is 0 Å². The Morgan fingerprint density at radius 1 is 1.43 bits per heavy atom. The van der Waals surface area contributed by atoms with Gasteiger partial charge in [-0.05, 0) is 18.2 Å². The first-order valence-electron chi connectivity index (χ1n) is 3.92. The van der Waals surface area contributed by atoms with E-state index in [1.807, 2.05) is 0 Å². The van der Waals surface area contributed by atoms with E-state index >= 15 is 0 Å². The second-order valence-electron chi connectivity index (χ2n) is 2.58. The first kappa shape index (κ1) is 11.5. The van der Waals surface area contributed by atoms with Crippen molar-refractivity contribution in [1.29, 1.82) is 0 Å². The third-order valence-electron chi connectivity index (χ3n) is 1.51. The summed E-state index contributed by atoms with van der Waals surface area (Å²) in [5.41, 5.74) is 0. The van der Waals surface area contributed by atoms with Crippen LogP contribution in [-0.4, -0.2) is 26.7 Å². The quantitative estimate of drug-likeness (QED) is 0.804. The molecule has 0 saturated heterocycles. The third kappa shape index (κ3) is 2.95. The zero-order valence-corrected chi connectivity index (χ0v) is 8.85. The molecule has 1 aromatic carbocycles. The average molecular weight is 236 g/mol. The Morgan fingerprint density at radius 3 is 2.71 bits per heavy atom. The Hall–Kier alpha value is -0.620. The lowest BCUT2D eigenvalue weighted by atomic mass is 10.4. The van der Waals surface area contributed by atoms with E-state index in [2.05, 4.69) is 4.72 Å². The summed E-state index contributed by atoms with van der Waals surface area (Å²) in [6, 6.07) is 5.93. The smallest absolute Gasteiger partial charge is 0.240 e. The van der Waals surface area contributed by atoms with Crippen LogP contribution in [-0.2, 0) is 10.0 Å². The summed E-state index contributed by atoms with van der Waals surface area (Å²) in [5, 5.41) is 8.84. The first-order chi connectivity index (χ1) is 6.56. The Labute approximate surface area is 87.6 Å². The van der Waals surface area contributed by atoms with Gasteiger partial charge in [0.15, 0.2) is 0 Å². The van der Waals surface area contributed by atoms with Crippen LogP contribution in [0.3, 0.4) is 0 Å². The largest absolute Gasteiger partial charge is 0.395 e. The van der Waals surface area contributed by atoms with E-state index in [0.29, 0.717) is 5.02 Å². The molecule has 78 valence electrons. The van der Waals surface area contributed by atoms with Gasteiger partial charge in [0, 0.05) is 11.6 Å². The number of aliphatic hydroxyl groups is 1. The summed E-state index contributed by atoms with van der Waals surface area (Å²) in [5.74, 6) is 0. The Morgan fingerprint density at radius 2 is 2.14 bits per heavy atom. The number of hydrogen-bond acceptors (Lipinski definition) is 3. The van der Waals surface area contributed by atoms with E-state index in [9.17, 15) is 8.42 Å². The minimum atomic E-state index is -3.54. The van der Waals surface area contributed by atoms with Crippen molar-refractivity contribution < 1.29 is 13.5 Å². The molecule has 0 bridgehead atoms. The minimum absolute atomic E-state index is 0.00511. The van der Waals surface area contributed by atoms with Crippen molar-refractivity contribution in [2.45, 2.75) is 4.90 Å². The van der Waals surface area contributed by atoms with Crippen LogP contribution in [0.4, 0.5) is 0 Å². The molecule has 0 atom stereocenters. The predicted octanol–water partition coefficient (Wildman–Crippen LogP) is 0.611. The van der Waals surface area contributed by atoms with Crippen molar-refractivity contribution in [2.75, 3.05) is 13.2 Å². The summed E-state index contributed by atoms with van der Waals surface area (Å²) >= 11 is 5.64. The molecule has 0 aliphatic heterocycles. The normalized spacial score (nSPS) is 11.6. The molecular weight excluding hydrogens is 226 g/mol. The lowest BCUT2D eigenvalue weighted by Gasteiger charge is -2.04. The van der Waals surface area contributed by atoms with E-state index in [4.69, 9.17) is 16.7 Å². The molecule has 2 N–H and O–H groups in total. The van der Waals surface area contributed by atoms with E-state index in [1.54, 1.807) is 12.1 Å². The summed E-state index contributed by atoms with van der Waals surface area (Å²) in [6.07, 6.45) is 0. The Bertz CT molecular complexity index is 405. The molecule has 1 rings (SSSR count). The van der Waals surface area contributed by atoms with Crippen LogP contribution >= 0.6 is 11.6 Å². The summed E-state index contributed by atoms with van der Waals surface area (Å²) in [7, 11) is -3.54. The fourth-order valence-corrected chi connectivity index (χ4v) is 2.22. The van der Waals surface area contributed by atoms with Crippen molar-refractivity contribution in [3.63, 3.8) is 0 Å². The van der Waals surface area contributed by atoms with Gasteiger partial charge in [-0.1, -0.05) is 17.7 Å². The van der Waals surface area contributed by atoms with Gasteiger partial charge < -0.3 is 5.11 Å². The third-order valence-corrected chi connectivity index (χ3v) is 3.20. The van der Waals surface area contributed by atoms with Gasteiger partial charge >= 0.3 is 0 Å². The van der Waals surface area contributed by atoms with Crippen LogP contribution in [0.1, 0.15) is 0 Å². The maximum absolute atomic E-state index is 11.5. The number of sulfonamides is 1. The van der Waals surface area contributed by atoms with Crippen molar-refractivity contribution in [2.24, 2.45) is 0 Å². The van der Waals surface area contributed by atoms with Crippen LogP contribution in [0, 0.1) is 0 Å². The molecule has 1 aromatic rings. The van der Waals surface area contributed by atoms with E-state index in [1.165, 1.54) is 12.1 Å². The molecule has 0 heterocycles. The molecule has 14 heavy (non-hydrogen) atoms. The number of benzene rings is 1. The van der Waals surface area contributed by atoms with Gasteiger partial charge in [-0.2, -0.15) is 0 Å². The standard InChI is InChI=1S/C8H10ClNO3S/c9-7-2-1-3-8(6-7)14(12,13)10-4-5-11/h1-3,6,10-11H,4-5H2. The molecule has 0 amide bonds. The second-order valence-corrected chi connectivity index (χ2v) is 4.78. The van der Waals surface area contributed by atoms with Crippen LogP contribution in [0.25, 0.3) is 0 Å². The van der Waals surface area contributed by atoms with Gasteiger partial charge in [0.25, 0.3) is 0 Å². The lowest BCUT2D eigenvalue weighted by molar-refractivity contribution is 0.301. The Kier molecular flexibility index (Phi) is 3.88. The Balaban J connectivity index is 2.93. The highest BCUT2D eigenvalue weighted by molar-refractivity contribution is 7.89. The molecule has 0 unspecified atom stereocenters. The molecular formula is C8H10ClNO3S. The highest BCUT2D eigenvalue weighted by Crippen LogP contribution is 2.14. The summed E-state index contributed by atoms with van der Waals surface area (Å²) < 4.78 is 25.1. The molecule has 4 nitrogen and oxygen atoms in total. The van der Waals surface area contributed by atoms with Crippen molar-refractivity contribution >= 4 is 21.6 Å². The zero-order valence-electron chi connectivity index (χ0n) is 7.27. The van der Waals surface area contributed by atoms with Gasteiger partial charge in [-0.15, -0.1) is 0 Å². The van der Waals surface area contributed by atoms with Crippen molar-refractivity contribution in [3.8, 4) is 0 Å². The van der Waals surface area contributed by atoms with Gasteiger partial charge in [0.05, 0.1) is 11.5 Å². The van der Waals surface area contributed by atoms with Gasteiger partial charge in [0.2, 0.25) is 10.0 Å². The topological polar surface area (TPSA) is 66.4 Å². The van der Waals surface area contributed by atoms with Crippen LogP contribution in [0.5, 0.6) is 0 Å². The molecule has 0 aromatic heterocycles. The molecule has 0 spiro atoms. The zero-order chi connectivity index (χ0) is 10.6. The maximum Gasteiger partial charge on any atom is 0.240 e. The highest BCUT2D eigenvalue weighted by Gasteiger charge is 2.12. The fraction of sp³-hybridized carbons (Fsp3) is 0.250. The average Bonchev–Trinajstić information content (AvgIpc) is 2.15. The van der Waals surface area contributed by atoms with Gasteiger partial charge in [-0.25, -0.2) is 13.1 Å². The molecule has 0 aliphatic carbocycles. The minimum Gasteiger partial charge on any atom is -0.395 e. The molecule has 0 fully saturated rings. The monoisotopic (exact) mass is 235 g/mol. The summed E-state index contributed by atoms with van der Waals surface area (Å²) in [6.45, 7) is -0.241. The fourth-order valence-electron chi connectivity index (χ4n) is 0.897. The van der Waals surface area contributed by atoms with Crippen LogP contribution in [0.2, 0.25) is 5.02 Å². The maximum atomic E-state index is 11.5. The van der Waals surface area contributed by atoms with E-state index < -0.39 is 10.0 Å². The number of hydrogen-bond donors (Lipinski definition) is 2. The van der Waals surface area contributed by atoms with Crippen LogP contribution < -0.4 is 4.72 Å². The molecule has 0 saturated carbocycles. The highest BCUT2D eigenvalue weighted by atomic mass is 35.5. The van der Waals surface area contributed by atoms with Crippen LogP contribution in [0.15, 0.2) is 29.2 Å². The van der Waals surface area contributed by atoms with Crippen molar-refractivity contribution in [1.82, 2.24) is 4.72 Å². The van der Waals surface area contributed by atoms with Gasteiger partial charge in [0.1, 0.15) is 0 Å². The van der Waals surface area contributed by atoms with E-state index in [0.717, 1.165) is 0 Å². The van der Waals surface area contributed by atoms with Crippen molar-refractivity contribution in [3.05, 3.63) is 29.3 Å². The number of aliphatic hydroxyl groups excluding tert-OH is 1. The lowest BCUT2D eigenvalue weighted by Crippen LogP contribution is -2.26. The number of nitrogens with one attached hydrogen (secondary N) is 1. The first-order valence-corrected chi connectivity index (χ1v) is 5.78. The second kappa shape index (κ2) is 4.75. The van der Waals surface area contributed by atoms with E-state index in [-0.39, 0.29) is 18.0 Å². The molecule has 6 heteroatoms.